The number of nitrogens with zero attached hydrogens (tertiary/aromatic N) is 5. The van der Waals surface area contributed by atoms with Crippen LogP contribution in [0.4, 0.5) is 11.9 Å². The van der Waals surface area contributed by atoms with Crippen LogP contribution in [0.1, 0.15) is 16.3 Å². The minimum absolute atomic E-state index is 0.133. The molecule has 3 aromatic heterocycles. The molecule has 0 saturated carbocycles. The van der Waals surface area contributed by atoms with Gasteiger partial charge in [-0.25, -0.2) is 9.97 Å². The summed E-state index contributed by atoms with van der Waals surface area (Å²) in [5, 5.41) is 2.01. The molecule has 0 unspecified atom stereocenters. The minimum Gasteiger partial charge on any atom is -0.368 e. The van der Waals surface area contributed by atoms with Gasteiger partial charge in [0.25, 0.3) is 0 Å². The molecule has 0 aliphatic heterocycles. The summed E-state index contributed by atoms with van der Waals surface area (Å²) in [5.74, 6) is 1.33. The van der Waals surface area contributed by atoms with E-state index in [1.807, 2.05) is 0 Å². The van der Waals surface area contributed by atoms with Crippen molar-refractivity contribution in [1.82, 2.24) is 24.9 Å². The number of thiophene rings is 1. The lowest BCUT2D eigenvalue weighted by Crippen LogP contribution is -2.06. The Morgan fingerprint density at radius 1 is 1.10 bits per heavy atom. The molecule has 0 fully saturated rings. The normalized spacial score (nSPS) is 11.1. The summed E-state index contributed by atoms with van der Waals surface area (Å²) in [7, 11) is 0. The number of thioether (sulfide) groups is 1. The summed E-state index contributed by atoms with van der Waals surface area (Å²) in [5.41, 5.74) is 12.4. The summed E-state index contributed by atoms with van der Waals surface area (Å²) in [4.78, 5) is 22.8. The topological polar surface area (TPSA) is 116 Å². The van der Waals surface area contributed by atoms with Crippen LogP contribution in [0.15, 0.2) is 11.4 Å². The third kappa shape index (κ3) is 2.74. The first kappa shape index (κ1) is 14.0. The Morgan fingerprint density at radius 3 is 2.52 bits per heavy atom. The maximum Gasteiger partial charge on any atom is 0.225 e. The fraction of sp³-hybridized carbons (Fsp3) is 0.250. The van der Waals surface area contributed by atoms with Crippen molar-refractivity contribution in [2.75, 3.05) is 11.5 Å². The molecule has 3 heterocycles. The van der Waals surface area contributed by atoms with Crippen LogP contribution in [0, 0.1) is 13.8 Å². The van der Waals surface area contributed by atoms with Gasteiger partial charge in [-0.1, -0.05) is 11.8 Å². The Balaban J connectivity index is 1.91. The van der Waals surface area contributed by atoms with Gasteiger partial charge in [-0.2, -0.15) is 15.0 Å². The number of aromatic nitrogens is 5. The van der Waals surface area contributed by atoms with E-state index >= 15 is 0 Å². The molecular weight excluding hydrogens is 306 g/mol. The number of rotatable bonds is 3. The van der Waals surface area contributed by atoms with E-state index in [1.165, 1.54) is 22.2 Å². The van der Waals surface area contributed by atoms with Gasteiger partial charge in [-0.05, 0) is 19.4 Å². The van der Waals surface area contributed by atoms with Gasteiger partial charge in [0.1, 0.15) is 22.0 Å². The van der Waals surface area contributed by atoms with Crippen LogP contribution < -0.4 is 11.5 Å². The molecule has 0 spiro atoms. The number of anilines is 2. The molecule has 0 radical (unpaired) electrons. The maximum atomic E-state index is 5.57. The molecule has 7 nitrogen and oxygen atoms in total. The highest BCUT2D eigenvalue weighted by molar-refractivity contribution is 7.98. The van der Waals surface area contributed by atoms with Crippen LogP contribution in [0.3, 0.4) is 0 Å². The second kappa shape index (κ2) is 5.41. The fourth-order valence-electron chi connectivity index (χ4n) is 1.91. The average Bonchev–Trinajstić information content (AvgIpc) is 2.71. The Bertz CT molecular complexity index is 794. The predicted molar refractivity (Wildman–Crippen MR) is 85.1 cm³/mol. The molecule has 3 aromatic rings. The highest BCUT2D eigenvalue weighted by atomic mass is 32.2. The molecule has 108 valence electrons. The van der Waals surface area contributed by atoms with Crippen LogP contribution >= 0.6 is 23.1 Å². The van der Waals surface area contributed by atoms with Crippen molar-refractivity contribution in [2.24, 2.45) is 0 Å². The van der Waals surface area contributed by atoms with Gasteiger partial charge in [-0.15, -0.1) is 11.3 Å². The Kier molecular flexibility index (Phi) is 3.60. The van der Waals surface area contributed by atoms with Crippen LogP contribution in [0.2, 0.25) is 0 Å². The summed E-state index contributed by atoms with van der Waals surface area (Å²) < 4.78 is 0. The molecule has 21 heavy (non-hydrogen) atoms. The number of hydrogen-bond acceptors (Lipinski definition) is 9. The van der Waals surface area contributed by atoms with Crippen LogP contribution in [0.25, 0.3) is 10.2 Å². The van der Waals surface area contributed by atoms with Gasteiger partial charge in [-0.3, -0.25) is 0 Å². The molecule has 0 aromatic carbocycles. The number of nitrogen functional groups attached to an aromatic ring is 2. The van der Waals surface area contributed by atoms with Crippen LogP contribution in [0.5, 0.6) is 0 Å². The molecule has 4 N–H and O–H groups in total. The zero-order valence-electron chi connectivity index (χ0n) is 11.5. The number of aryl methyl sites for hydroxylation is 2. The number of nitrogens with two attached hydrogens (primary N) is 2. The van der Waals surface area contributed by atoms with E-state index in [-0.39, 0.29) is 11.9 Å². The monoisotopic (exact) mass is 319 g/mol. The summed E-state index contributed by atoms with van der Waals surface area (Å²) >= 11 is 3.21. The molecule has 0 saturated heterocycles. The highest BCUT2D eigenvalue weighted by Crippen LogP contribution is 2.35. The largest absolute Gasteiger partial charge is 0.368 e. The zero-order chi connectivity index (χ0) is 15.0. The van der Waals surface area contributed by atoms with Crippen molar-refractivity contribution in [2.45, 2.75) is 24.6 Å². The molecule has 0 bridgehead atoms. The first-order valence-electron chi connectivity index (χ1n) is 6.14. The van der Waals surface area contributed by atoms with Crippen molar-refractivity contribution in [3.05, 3.63) is 22.6 Å². The van der Waals surface area contributed by atoms with Gasteiger partial charge in [0.2, 0.25) is 11.9 Å². The van der Waals surface area contributed by atoms with Crippen molar-refractivity contribution in [3.8, 4) is 0 Å². The van der Waals surface area contributed by atoms with E-state index in [2.05, 4.69) is 38.8 Å². The lowest BCUT2D eigenvalue weighted by atomic mass is 10.2. The van der Waals surface area contributed by atoms with Gasteiger partial charge < -0.3 is 11.5 Å². The first-order chi connectivity index (χ1) is 10.0. The van der Waals surface area contributed by atoms with Crippen molar-refractivity contribution in [1.29, 1.82) is 0 Å². The third-order valence-electron chi connectivity index (χ3n) is 2.98. The number of hydrogen-bond donors (Lipinski definition) is 2. The van der Waals surface area contributed by atoms with Gasteiger partial charge in [0.15, 0.2) is 0 Å². The Hall–Kier alpha value is -2.00. The van der Waals surface area contributed by atoms with E-state index in [1.54, 1.807) is 17.7 Å². The lowest BCUT2D eigenvalue weighted by molar-refractivity contribution is 0.985. The predicted octanol–water partition coefficient (Wildman–Crippen LogP) is 1.95. The smallest absolute Gasteiger partial charge is 0.225 e. The quantitative estimate of drug-likeness (QED) is 0.555. The van der Waals surface area contributed by atoms with Crippen molar-refractivity contribution in [3.63, 3.8) is 0 Å². The minimum atomic E-state index is 0.133. The lowest BCUT2D eigenvalue weighted by Gasteiger charge is -2.03. The molecular formula is C12H13N7S2. The van der Waals surface area contributed by atoms with Crippen molar-refractivity contribution < 1.29 is 0 Å². The summed E-state index contributed by atoms with van der Waals surface area (Å²) in [6.45, 7) is 4.17. The molecule has 3 rings (SSSR count). The second-order valence-corrected chi connectivity index (χ2v) is 6.57. The Labute approximate surface area is 129 Å². The molecule has 0 aliphatic rings. The van der Waals surface area contributed by atoms with E-state index < -0.39 is 0 Å². The van der Waals surface area contributed by atoms with E-state index in [0.717, 1.165) is 15.2 Å². The molecule has 9 heteroatoms. The summed E-state index contributed by atoms with van der Waals surface area (Å²) in [6.07, 6.45) is 1.58. The number of fused-ring (bicyclic) bond motifs is 1. The van der Waals surface area contributed by atoms with Crippen molar-refractivity contribution >= 4 is 45.2 Å². The van der Waals surface area contributed by atoms with E-state index in [0.29, 0.717) is 11.6 Å². The molecule has 0 aliphatic carbocycles. The SMILES string of the molecule is Cc1sc2ncnc(SCc3nc(N)nc(N)n3)c2c1C. The fourth-order valence-corrected chi connectivity index (χ4v) is 3.89. The standard InChI is InChI=1S/C12H13N7S2/c1-5-6(2)21-10-8(5)9(15-4-16-10)20-3-7-17-11(13)19-12(14)18-7/h4H,3H2,1-2H3,(H4,13,14,17,18,19). The van der Waals surface area contributed by atoms with Crippen LogP contribution in [-0.2, 0) is 5.75 Å². The average molecular weight is 319 g/mol. The molecule has 0 atom stereocenters. The van der Waals surface area contributed by atoms with Gasteiger partial charge >= 0.3 is 0 Å². The summed E-state index contributed by atoms with van der Waals surface area (Å²) in [6, 6.07) is 0. The second-order valence-electron chi connectivity index (χ2n) is 4.40. The Morgan fingerprint density at radius 2 is 1.81 bits per heavy atom. The van der Waals surface area contributed by atoms with Crippen LogP contribution in [-0.4, -0.2) is 24.9 Å². The molecule has 0 amide bonds. The van der Waals surface area contributed by atoms with E-state index in [4.69, 9.17) is 11.5 Å². The highest BCUT2D eigenvalue weighted by Gasteiger charge is 2.13. The van der Waals surface area contributed by atoms with E-state index in [9.17, 15) is 0 Å². The first-order valence-corrected chi connectivity index (χ1v) is 7.94. The zero-order valence-corrected chi connectivity index (χ0v) is 13.1. The van der Waals surface area contributed by atoms with Gasteiger partial charge in [0.05, 0.1) is 5.75 Å². The third-order valence-corrected chi connectivity index (χ3v) is 5.09. The maximum absolute atomic E-state index is 5.57. The van der Waals surface area contributed by atoms with Gasteiger partial charge in [0, 0.05) is 10.3 Å².